The summed E-state index contributed by atoms with van der Waals surface area (Å²) in [5, 5.41) is 19.4. The van der Waals surface area contributed by atoms with Crippen LogP contribution >= 0.6 is 0 Å². The molecule has 2 nitrogen and oxygen atoms in total. The fourth-order valence-corrected chi connectivity index (χ4v) is 2.94. The molecule has 2 N–H and O–H groups in total. The van der Waals surface area contributed by atoms with Gasteiger partial charge in [-0.3, -0.25) is 0 Å². The third kappa shape index (κ3) is 1.38. The SMILES string of the molecule is O[C@H]1CCC[C@H]2[C@H]1CCC[C@@H]2O. The van der Waals surface area contributed by atoms with Crippen molar-refractivity contribution in [1.29, 1.82) is 0 Å². The molecule has 4 atom stereocenters. The summed E-state index contributed by atoms with van der Waals surface area (Å²) in [5.41, 5.74) is 0. The van der Waals surface area contributed by atoms with Gasteiger partial charge in [-0.25, -0.2) is 0 Å². The number of aliphatic hydroxyl groups is 2. The normalized spacial score (nSPS) is 48.5. The van der Waals surface area contributed by atoms with E-state index in [2.05, 4.69) is 0 Å². The molecule has 70 valence electrons. The van der Waals surface area contributed by atoms with E-state index >= 15 is 0 Å². The van der Waals surface area contributed by atoms with Crippen LogP contribution in [0.3, 0.4) is 0 Å². The van der Waals surface area contributed by atoms with Crippen LogP contribution in [0.25, 0.3) is 0 Å². The molecular weight excluding hydrogens is 152 g/mol. The van der Waals surface area contributed by atoms with Crippen molar-refractivity contribution < 1.29 is 10.2 Å². The fraction of sp³-hybridized carbons (Fsp3) is 1.00. The number of rotatable bonds is 0. The highest BCUT2D eigenvalue weighted by molar-refractivity contribution is 4.89. The van der Waals surface area contributed by atoms with Crippen molar-refractivity contribution in [1.82, 2.24) is 0 Å². The van der Waals surface area contributed by atoms with E-state index in [4.69, 9.17) is 0 Å². The highest BCUT2D eigenvalue weighted by Gasteiger charge is 2.38. The first-order valence-corrected chi connectivity index (χ1v) is 5.15. The second kappa shape index (κ2) is 3.35. The molecule has 0 heterocycles. The van der Waals surface area contributed by atoms with E-state index in [1.807, 2.05) is 0 Å². The van der Waals surface area contributed by atoms with Gasteiger partial charge in [0.1, 0.15) is 0 Å². The largest absolute Gasteiger partial charge is 0.393 e. The standard InChI is InChI=1S/C10H18O2/c11-9-5-1-3-7-8(9)4-2-6-10(7)12/h7-12H,1-6H2/t7-,8+,9-,10-/m0/s1. The van der Waals surface area contributed by atoms with Crippen molar-refractivity contribution in [2.45, 2.75) is 50.7 Å². The van der Waals surface area contributed by atoms with Crippen LogP contribution in [0.2, 0.25) is 0 Å². The van der Waals surface area contributed by atoms with Gasteiger partial charge in [0.25, 0.3) is 0 Å². The van der Waals surface area contributed by atoms with E-state index in [9.17, 15) is 10.2 Å². The summed E-state index contributed by atoms with van der Waals surface area (Å²) in [5.74, 6) is 0.810. The molecular formula is C10H18O2. The smallest absolute Gasteiger partial charge is 0.0572 e. The summed E-state index contributed by atoms with van der Waals surface area (Å²) in [6.45, 7) is 0. The van der Waals surface area contributed by atoms with Gasteiger partial charge in [-0.05, 0) is 37.5 Å². The van der Waals surface area contributed by atoms with Gasteiger partial charge < -0.3 is 10.2 Å². The van der Waals surface area contributed by atoms with Crippen molar-refractivity contribution in [3.8, 4) is 0 Å². The Hall–Kier alpha value is -0.0800. The number of fused-ring (bicyclic) bond motifs is 1. The molecule has 12 heavy (non-hydrogen) atoms. The van der Waals surface area contributed by atoms with Crippen molar-refractivity contribution in [2.75, 3.05) is 0 Å². The zero-order valence-electron chi connectivity index (χ0n) is 7.45. The minimum atomic E-state index is -0.126. The van der Waals surface area contributed by atoms with Gasteiger partial charge in [0.15, 0.2) is 0 Å². The molecule has 0 spiro atoms. The molecule has 0 bridgehead atoms. The second-order valence-corrected chi connectivity index (χ2v) is 4.32. The highest BCUT2D eigenvalue weighted by Crippen LogP contribution is 2.40. The second-order valence-electron chi connectivity index (χ2n) is 4.32. The lowest BCUT2D eigenvalue weighted by atomic mass is 9.68. The Balaban J connectivity index is 2.05. The van der Waals surface area contributed by atoms with Crippen LogP contribution in [0.1, 0.15) is 38.5 Å². The number of hydrogen-bond acceptors (Lipinski definition) is 2. The first-order valence-electron chi connectivity index (χ1n) is 5.15. The Kier molecular flexibility index (Phi) is 2.37. The van der Waals surface area contributed by atoms with E-state index in [-0.39, 0.29) is 12.2 Å². The minimum Gasteiger partial charge on any atom is -0.393 e. The Morgan fingerprint density at radius 2 is 1.08 bits per heavy atom. The maximum absolute atomic E-state index is 9.71. The van der Waals surface area contributed by atoms with E-state index in [1.54, 1.807) is 0 Å². The van der Waals surface area contributed by atoms with Crippen LogP contribution in [0, 0.1) is 11.8 Å². The monoisotopic (exact) mass is 170 g/mol. The molecule has 0 aliphatic heterocycles. The molecule has 0 saturated heterocycles. The predicted molar refractivity (Wildman–Crippen MR) is 46.7 cm³/mol. The first kappa shape index (κ1) is 8.52. The van der Waals surface area contributed by atoms with Gasteiger partial charge in [0, 0.05) is 0 Å². The lowest BCUT2D eigenvalue weighted by Crippen LogP contribution is -2.41. The van der Waals surface area contributed by atoms with Gasteiger partial charge in [-0.1, -0.05) is 12.8 Å². The first-order chi connectivity index (χ1) is 5.79. The van der Waals surface area contributed by atoms with E-state index in [0.29, 0.717) is 11.8 Å². The summed E-state index contributed by atoms with van der Waals surface area (Å²) in [4.78, 5) is 0. The zero-order chi connectivity index (χ0) is 8.55. The van der Waals surface area contributed by atoms with Crippen LogP contribution < -0.4 is 0 Å². The molecule has 0 amide bonds. The highest BCUT2D eigenvalue weighted by atomic mass is 16.3. The molecule has 0 aromatic rings. The maximum atomic E-state index is 9.71. The van der Waals surface area contributed by atoms with Crippen molar-refractivity contribution in [3.63, 3.8) is 0 Å². The van der Waals surface area contributed by atoms with Gasteiger partial charge in [-0.15, -0.1) is 0 Å². The molecule has 2 heteroatoms. The third-order valence-electron chi connectivity index (χ3n) is 3.61. The van der Waals surface area contributed by atoms with Crippen LogP contribution in [0.4, 0.5) is 0 Å². The van der Waals surface area contributed by atoms with Gasteiger partial charge in [0.2, 0.25) is 0 Å². The van der Waals surface area contributed by atoms with Crippen molar-refractivity contribution >= 4 is 0 Å². The summed E-state index contributed by atoms with van der Waals surface area (Å²) in [6.07, 6.45) is 6.10. The Bertz CT molecular complexity index is 140. The predicted octanol–water partition coefficient (Wildman–Crippen LogP) is 1.31. The van der Waals surface area contributed by atoms with Gasteiger partial charge in [-0.2, -0.15) is 0 Å². The Labute approximate surface area is 73.6 Å². The molecule has 2 aliphatic carbocycles. The fourth-order valence-electron chi connectivity index (χ4n) is 2.94. The van der Waals surface area contributed by atoms with Gasteiger partial charge in [0.05, 0.1) is 12.2 Å². The van der Waals surface area contributed by atoms with Crippen LogP contribution in [0.15, 0.2) is 0 Å². The molecule has 0 radical (unpaired) electrons. The average molecular weight is 170 g/mol. The molecule has 0 aromatic carbocycles. The number of hydrogen-bond donors (Lipinski definition) is 2. The lowest BCUT2D eigenvalue weighted by molar-refractivity contribution is -0.0529. The van der Waals surface area contributed by atoms with Crippen LogP contribution in [0.5, 0.6) is 0 Å². The Morgan fingerprint density at radius 1 is 0.667 bits per heavy atom. The lowest BCUT2D eigenvalue weighted by Gasteiger charge is -2.41. The van der Waals surface area contributed by atoms with E-state index in [1.165, 1.54) is 0 Å². The maximum Gasteiger partial charge on any atom is 0.0572 e. The summed E-state index contributed by atoms with van der Waals surface area (Å²) in [7, 11) is 0. The molecule has 2 aliphatic rings. The molecule has 2 fully saturated rings. The van der Waals surface area contributed by atoms with Crippen molar-refractivity contribution in [2.24, 2.45) is 11.8 Å². The van der Waals surface area contributed by atoms with Gasteiger partial charge >= 0.3 is 0 Å². The van der Waals surface area contributed by atoms with E-state index < -0.39 is 0 Å². The topological polar surface area (TPSA) is 40.5 Å². The Morgan fingerprint density at radius 3 is 1.50 bits per heavy atom. The summed E-state index contributed by atoms with van der Waals surface area (Å²) in [6, 6.07) is 0. The summed E-state index contributed by atoms with van der Waals surface area (Å²) < 4.78 is 0. The van der Waals surface area contributed by atoms with Crippen LogP contribution in [-0.2, 0) is 0 Å². The third-order valence-corrected chi connectivity index (χ3v) is 3.61. The molecule has 0 aromatic heterocycles. The quantitative estimate of drug-likeness (QED) is 0.575. The molecule has 0 unspecified atom stereocenters. The average Bonchev–Trinajstić information content (AvgIpc) is 2.07. The van der Waals surface area contributed by atoms with Crippen LogP contribution in [-0.4, -0.2) is 22.4 Å². The van der Waals surface area contributed by atoms with E-state index in [0.717, 1.165) is 38.5 Å². The van der Waals surface area contributed by atoms with Crippen molar-refractivity contribution in [3.05, 3.63) is 0 Å². The minimum absolute atomic E-state index is 0.126. The molecule has 2 saturated carbocycles. The summed E-state index contributed by atoms with van der Waals surface area (Å²) >= 11 is 0. The molecule has 2 rings (SSSR count). The number of aliphatic hydroxyl groups excluding tert-OH is 2. The zero-order valence-corrected chi connectivity index (χ0v) is 7.45.